The second-order valence-electron chi connectivity index (χ2n) is 3.45. The first kappa shape index (κ1) is 12.2. The van der Waals surface area contributed by atoms with Gasteiger partial charge in [0.1, 0.15) is 11.3 Å². The fourth-order valence-corrected chi connectivity index (χ4v) is 1.59. The van der Waals surface area contributed by atoms with E-state index in [1.165, 1.54) is 0 Å². The molecule has 0 aliphatic rings. The Morgan fingerprint density at radius 2 is 1.50 bits per heavy atom. The fourth-order valence-electron chi connectivity index (χ4n) is 1.59. The van der Waals surface area contributed by atoms with E-state index in [4.69, 9.17) is 5.11 Å². The number of hydrogen-bond donors (Lipinski definition) is 2. The molecular weight excluding hydrogens is 256 g/mol. The van der Waals surface area contributed by atoms with Crippen molar-refractivity contribution in [2.45, 2.75) is 0 Å². The van der Waals surface area contributed by atoms with Crippen LogP contribution in [0.25, 0.3) is 10.8 Å². The van der Waals surface area contributed by atoms with Crippen molar-refractivity contribution in [3.8, 4) is 5.75 Å². The van der Waals surface area contributed by atoms with Gasteiger partial charge in [-0.2, -0.15) is 0 Å². The Balaban J connectivity index is 3.03. The second kappa shape index (κ2) is 3.86. The Kier molecular flexibility index (Phi) is 2.61. The first-order valence-electron chi connectivity index (χ1n) is 4.57. The van der Waals surface area contributed by atoms with Crippen molar-refractivity contribution >= 4 is 16.7 Å². The number of fused-ring (bicyclic) bond motifs is 1. The molecular formula is C11H4F4O3. The van der Waals surface area contributed by atoms with E-state index in [2.05, 4.69) is 0 Å². The van der Waals surface area contributed by atoms with Crippen LogP contribution in [0.4, 0.5) is 17.6 Å². The number of halogens is 4. The number of aromatic carboxylic acids is 1. The van der Waals surface area contributed by atoms with Crippen molar-refractivity contribution in [3.05, 3.63) is 41.0 Å². The zero-order valence-corrected chi connectivity index (χ0v) is 8.47. The molecule has 7 heteroatoms. The SMILES string of the molecule is O=C(O)c1ccc2c(F)c(F)c(F)c(F)c2c1O. The highest BCUT2D eigenvalue weighted by atomic mass is 19.2. The summed E-state index contributed by atoms with van der Waals surface area (Å²) in [6, 6.07) is 1.51. The van der Waals surface area contributed by atoms with E-state index in [0.29, 0.717) is 0 Å². The molecule has 2 aromatic rings. The lowest BCUT2D eigenvalue weighted by molar-refractivity contribution is 0.0694. The minimum atomic E-state index is -2.11. The Bertz CT molecular complexity index is 682. The van der Waals surface area contributed by atoms with Gasteiger partial charge in [0.15, 0.2) is 23.3 Å². The summed E-state index contributed by atoms with van der Waals surface area (Å²) < 4.78 is 52.6. The molecule has 18 heavy (non-hydrogen) atoms. The molecule has 0 saturated heterocycles. The van der Waals surface area contributed by atoms with Crippen LogP contribution in [0.1, 0.15) is 10.4 Å². The molecule has 0 fully saturated rings. The van der Waals surface area contributed by atoms with Gasteiger partial charge in [-0.1, -0.05) is 6.07 Å². The number of carboxylic acids is 1. The minimum Gasteiger partial charge on any atom is -0.506 e. The Morgan fingerprint density at radius 1 is 0.944 bits per heavy atom. The summed E-state index contributed by atoms with van der Waals surface area (Å²) in [5.74, 6) is -10.4. The lowest BCUT2D eigenvalue weighted by Crippen LogP contribution is -2.02. The molecule has 0 unspecified atom stereocenters. The number of phenols is 1. The fraction of sp³-hybridized carbons (Fsp3) is 0. The summed E-state index contributed by atoms with van der Waals surface area (Å²) in [4.78, 5) is 10.7. The molecule has 0 saturated carbocycles. The summed E-state index contributed by atoms with van der Waals surface area (Å²) in [6.45, 7) is 0. The van der Waals surface area contributed by atoms with E-state index in [1.54, 1.807) is 0 Å². The van der Waals surface area contributed by atoms with Gasteiger partial charge in [0.05, 0.1) is 5.39 Å². The van der Waals surface area contributed by atoms with Gasteiger partial charge in [-0.25, -0.2) is 22.4 Å². The van der Waals surface area contributed by atoms with Crippen LogP contribution >= 0.6 is 0 Å². The van der Waals surface area contributed by atoms with Gasteiger partial charge in [-0.3, -0.25) is 0 Å². The van der Waals surface area contributed by atoms with E-state index in [1.807, 2.05) is 0 Å². The van der Waals surface area contributed by atoms with Gasteiger partial charge in [-0.05, 0) is 6.07 Å². The van der Waals surface area contributed by atoms with Crippen molar-refractivity contribution in [2.24, 2.45) is 0 Å². The molecule has 94 valence electrons. The van der Waals surface area contributed by atoms with E-state index in [9.17, 15) is 27.5 Å². The predicted molar refractivity (Wildman–Crippen MR) is 52.4 cm³/mol. The van der Waals surface area contributed by atoms with Crippen LogP contribution in [-0.2, 0) is 0 Å². The number of aromatic hydroxyl groups is 1. The van der Waals surface area contributed by atoms with Gasteiger partial charge < -0.3 is 10.2 Å². The van der Waals surface area contributed by atoms with Gasteiger partial charge in [0, 0.05) is 5.39 Å². The maximum atomic E-state index is 13.4. The summed E-state index contributed by atoms with van der Waals surface area (Å²) >= 11 is 0. The zero-order valence-electron chi connectivity index (χ0n) is 8.47. The normalized spacial score (nSPS) is 10.9. The quantitative estimate of drug-likeness (QED) is 0.471. The number of carboxylic acid groups (broad SMARTS) is 1. The first-order chi connectivity index (χ1) is 8.36. The highest BCUT2D eigenvalue weighted by molar-refractivity contribution is 6.00. The molecule has 3 nitrogen and oxygen atoms in total. The highest BCUT2D eigenvalue weighted by Crippen LogP contribution is 2.35. The van der Waals surface area contributed by atoms with Crippen molar-refractivity contribution in [1.29, 1.82) is 0 Å². The zero-order chi connectivity index (χ0) is 13.6. The molecule has 0 aromatic heterocycles. The molecule has 0 spiro atoms. The van der Waals surface area contributed by atoms with Crippen LogP contribution in [-0.4, -0.2) is 16.2 Å². The molecule has 0 aliphatic heterocycles. The second-order valence-corrected chi connectivity index (χ2v) is 3.45. The maximum Gasteiger partial charge on any atom is 0.339 e. The third-order valence-electron chi connectivity index (χ3n) is 2.44. The molecule has 0 radical (unpaired) electrons. The van der Waals surface area contributed by atoms with E-state index in [0.717, 1.165) is 12.1 Å². The van der Waals surface area contributed by atoms with Crippen LogP contribution in [0.2, 0.25) is 0 Å². The molecule has 0 aliphatic carbocycles. The molecule has 0 bridgehead atoms. The van der Waals surface area contributed by atoms with Crippen molar-refractivity contribution < 1.29 is 32.6 Å². The number of rotatable bonds is 1. The van der Waals surface area contributed by atoms with E-state index in [-0.39, 0.29) is 0 Å². The monoisotopic (exact) mass is 260 g/mol. The average Bonchev–Trinajstić information content (AvgIpc) is 2.32. The smallest absolute Gasteiger partial charge is 0.339 e. The van der Waals surface area contributed by atoms with Crippen LogP contribution in [0, 0.1) is 23.3 Å². The van der Waals surface area contributed by atoms with Gasteiger partial charge in [-0.15, -0.1) is 0 Å². The third-order valence-corrected chi connectivity index (χ3v) is 2.44. The van der Waals surface area contributed by atoms with E-state index < -0.39 is 51.3 Å². The summed E-state index contributed by atoms with van der Waals surface area (Å²) in [5, 5.41) is 16.4. The van der Waals surface area contributed by atoms with Crippen molar-refractivity contribution in [3.63, 3.8) is 0 Å². The Morgan fingerprint density at radius 3 is 2.06 bits per heavy atom. The predicted octanol–water partition coefficient (Wildman–Crippen LogP) is 2.80. The Hall–Kier alpha value is -2.31. The average molecular weight is 260 g/mol. The lowest BCUT2D eigenvalue weighted by atomic mass is 10.0. The lowest BCUT2D eigenvalue weighted by Gasteiger charge is -2.08. The molecule has 0 amide bonds. The largest absolute Gasteiger partial charge is 0.506 e. The number of hydrogen-bond acceptors (Lipinski definition) is 2. The van der Waals surface area contributed by atoms with Gasteiger partial charge >= 0.3 is 5.97 Å². The topological polar surface area (TPSA) is 57.5 Å². The van der Waals surface area contributed by atoms with Crippen LogP contribution in [0.15, 0.2) is 12.1 Å². The summed E-state index contributed by atoms with van der Waals surface area (Å²) in [5.41, 5.74) is -0.744. The van der Waals surface area contributed by atoms with Crippen LogP contribution < -0.4 is 0 Å². The minimum absolute atomic E-state index is 0.742. The van der Waals surface area contributed by atoms with Crippen LogP contribution in [0.3, 0.4) is 0 Å². The summed E-state index contributed by atoms with van der Waals surface area (Å²) in [6.07, 6.45) is 0. The summed E-state index contributed by atoms with van der Waals surface area (Å²) in [7, 11) is 0. The maximum absolute atomic E-state index is 13.4. The number of carbonyl (C=O) groups is 1. The van der Waals surface area contributed by atoms with Crippen molar-refractivity contribution in [2.75, 3.05) is 0 Å². The third kappa shape index (κ3) is 1.47. The molecule has 2 N–H and O–H groups in total. The molecule has 0 heterocycles. The molecule has 0 atom stereocenters. The van der Waals surface area contributed by atoms with Gasteiger partial charge in [0.25, 0.3) is 0 Å². The standard InChI is InChI=1S/C11H4F4O3/c12-6-3-1-2-4(11(17)18)10(16)5(3)7(13)9(15)8(6)14/h1-2,16H,(H,17,18). The van der Waals surface area contributed by atoms with Gasteiger partial charge in [0.2, 0.25) is 0 Å². The Labute approximate surface area is 96.9 Å². The first-order valence-corrected chi connectivity index (χ1v) is 4.57. The highest BCUT2D eigenvalue weighted by Gasteiger charge is 2.25. The number of benzene rings is 2. The molecule has 2 aromatic carbocycles. The molecule has 2 rings (SSSR count). The van der Waals surface area contributed by atoms with Crippen LogP contribution in [0.5, 0.6) is 5.75 Å². The van der Waals surface area contributed by atoms with Crippen molar-refractivity contribution in [1.82, 2.24) is 0 Å². The van der Waals surface area contributed by atoms with E-state index >= 15 is 0 Å².